The lowest BCUT2D eigenvalue weighted by Gasteiger charge is -2.09. The van der Waals surface area contributed by atoms with Gasteiger partial charge in [-0.25, -0.2) is 0 Å². The lowest BCUT2D eigenvalue weighted by molar-refractivity contribution is -0.384. The Balaban J connectivity index is 2.53. The fourth-order valence-electron chi connectivity index (χ4n) is 1.67. The van der Waals surface area contributed by atoms with E-state index in [9.17, 15) is 19.7 Å². The fraction of sp³-hybridized carbons (Fsp3) is 0.467. The Morgan fingerprint density at radius 1 is 1.36 bits per heavy atom. The van der Waals surface area contributed by atoms with Gasteiger partial charge in [-0.1, -0.05) is 19.9 Å². The van der Waals surface area contributed by atoms with Gasteiger partial charge in [-0.2, -0.15) is 0 Å². The third-order valence-electron chi connectivity index (χ3n) is 3.00. The number of rotatable bonds is 7. The zero-order chi connectivity index (χ0) is 16.7. The molecule has 0 bridgehead atoms. The number of nitro groups is 1. The SMILES string of the molecule is Cc1ccc([N+](=O)[O-])cc1NC(=O)COC(=O)CCC(C)C. The van der Waals surface area contributed by atoms with Crippen molar-refractivity contribution >= 4 is 23.3 Å². The van der Waals surface area contributed by atoms with E-state index in [1.807, 2.05) is 13.8 Å². The topological polar surface area (TPSA) is 98.5 Å². The first-order valence-corrected chi connectivity index (χ1v) is 7.00. The molecular formula is C15H20N2O5. The maximum Gasteiger partial charge on any atom is 0.306 e. The van der Waals surface area contributed by atoms with Crippen LogP contribution in [0.5, 0.6) is 0 Å². The van der Waals surface area contributed by atoms with Crippen LogP contribution < -0.4 is 5.32 Å². The monoisotopic (exact) mass is 308 g/mol. The second-order valence-corrected chi connectivity index (χ2v) is 5.40. The van der Waals surface area contributed by atoms with Gasteiger partial charge in [-0.15, -0.1) is 0 Å². The van der Waals surface area contributed by atoms with Crippen LogP contribution in [0.15, 0.2) is 18.2 Å². The van der Waals surface area contributed by atoms with E-state index in [-0.39, 0.29) is 12.1 Å². The van der Waals surface area contributed by atoms with Crippen molar-refractivity contribution in [2.24, 2.45) is 5.92 Å². The first-order chi connectivity index (χ1) is 10.3. The summed E-state index contributed by atoms with van der Waals surface area (Å²) in [4.78, 5) is 33.3. The number of anilines is 1. The molecule has 1 amide bonds. The summed E-state index contributed by atoms with van der Waals surface area (Å²) in [6.45, 7) is 5.29. The van der Waals surface area contributed by atoms with E-state index >= 15 is 0 Å². The van der Waals surface area contributed by atoms with Gasteiger partial charge >= 0.3 is 5.97 Å². The maximum absolute atomic E-state index is 11.7. The van der Waals surface area contributed by atoms with Crippen molar-refractivity contribution in [3.63, 3.8) is 0 Å². The van der Waals surface area contributed by atoms with Crippen LogP contribution in [0.25, 0.3) is 0 Å². The molecule has 0 aliphatic rings. The Labute approximate surface area is 128 Å². The number of esters is 1. The number of hydrogen-bond acceptors (Lipinski definition) is 5. The zero-order valence-electron chi connectivity index (χ0n) is 12.9. The molecule has 1 N–H and O–H groups in total. The Kier molecular flexibility index (Phi) is 6.49. The molecule has 0 saturated carbocycles. The summed E-state index contributed by atoms with van der Waals surface area (Å²) in [5, 5.41) is 13.2. The highest BCUT2D eigenvalue weighted by Gasteiger charge is 2.13. The molecule has 0 atom stereocenters. The minimum atomic E-state index is -0.541. The minimum Gasteiger partial charge on any atom is -0.456 e. The van der Waals surface area contributed by atoms with Gasteiger partial charge in [0.1, 0.15) is 0 Å². The molecule has 0 saturated heterocycles. The van der Waals surface area contributed by atoms with Gasteiger partial charge in [0, 0.05) is 18.6 Å². The average Bonchev–Trinajstić information content (AvgIpc) is 2.45. The van der Waals surface area contributed by atoms with Crippen molar-refractivity contribution in [1.29, 1.82) is 0 Å². The van der Waals surface area contributed by atoms with Crippen molar-refractivity contribution in [3.05, 3.63) is 33.9 Å². The maximum atomic E-state index is 11.7. The Morgan fingerprint density at radius 2 is 2.05 bits per heavy atom. The predicted octanol–water partition coefficient (Wildman–Crippen LogP) is 2.82. The highest BCUT2D eigenvalue weighted by molar-refractivity contribution is 5.93. The van der Waals surface area contributed by atoms with Crippen LogP contribution in [0, 0.1) is 23.0 Å². The number of ether oxygens (including phenoxy) is 1. The molecule has 22 heavy (non-hydrogen) atoms. The summed E-state index contributed by atoms with van der Waals surface area (Å²) in [5.41, 5.74) is 0.900. The normalized spacial score (nSPS) is 10.4. The molecule has 0 spiro atoms. The van der Waals surface area contributed by atoms with Crippen LogP contribution in [-0.4, -0.2) is 23.4 Å². The van der Waals surface area contributed by atoms with E-state index in [4.69, 9.17) is 4.74 Å². The lowest BCUT2D eigenvalue weighted by atomic mass is 10.1. The summed E-state index contributed by atoms with van der Waals surface area (Å²) in [7, 11) is 0. The van der Waals surface area contributed by atoms with Crippen molar-refractivity contribution in [3.8, 4) is 0 Å². The standard InChI is InChI=1S/C15H20N2O5/c1-10(2)4-7-15(19)22-9-14(18)16-13-8-12(17(20)21)6-5-11(13)3/h5-6,8,10H,4,7,9H2,1-3H3,(H,16,18). The van der Waals surface area contributed by atoms with E-state index in [0.717, 1.165) is 0 Å². The number of nitrogens with zero attached hydrogens (tertiary/aromatic N) is 1. The van der Waals surface area contributed by atoms with Gasteiger partial charge in [0.25, 0.3) is 11.6 Å². The highest BCUT2D eigenvalue weighted by atomic mass is 16.6. The summed E-state index contributed by atoms with van der Waals surface area (Å²) in [5.74, 6) is -0.574. The molecule has 0 unspecified atom stereocenters. The van der Waals surface area contributed by atoms with E-state index in [0.29, 0.717) is 23.6 Å². The second-order valence-electron chi connectivity index (χ2n) is 5.40. The van der Waals surface area contributed by atoms with Gasteiger partial charge in [0.05, 0.1) is 10.6 Å². The van der Waals surface area contributed by atoms with Crippen molar-refractivity contribution in [2.75, 3.05) is 11.9 Å². The first-order valence-electron chi connectivity index (χ1n) is 7.00. The van der Waals surface area contributed by atoms with Crippen LogP contribution in [0.2, 0.25) is 0 Å². The van der Waals surface area contributed by atoms with Crippen LogP contribution >= 0.6 is 0 Å². The van der Waals surface area contributed by atoms with Gasteiger partial charge in [0.2, 0.25) is 0 Å². The van der Waals surface area contributed by atoms with E-state index < -0.39 is 23.4 Å². The molecule has 0 radical (unpaired) electrons. The molecule has 0 aliphatic heterocycles. The number of carbonyl (C=O) groups is 2. The van der Waals surface area contributed by atoms with E-state index in [2.05, 4.69) is 5.32 Å². The molecule has 1 aromatic carbocycles. The molecule has 0 aliphatic carbocycles. The number of benzene rings is 1. The third-order valence-corrected chi connectivity index (χ3v) is 3.00. The molecule has 0 heterocycles. The van der Waals surface area contributed by atoms with Crippen LogP contribution in [0.4, 0.5) is 11.4 Å². The number of amides is 1. The molecule has 1 aromatic rings. The van der Waals surface area contributed by atoms with Gasteiger partial charge in [-0.05, 0) is 24.8 Å². The van der Waals surface area contributed by atoms with E-state index in [1.165, 1.54) is 12.1 Å². The number of non-ortho nitro benzene ring substituents is 1. The third kappa shape index (κ3) is 5.90. The van der Waals surface area contributed by atoms with E-state index in [1.54, 1.807) is 13.0 Å². The van der Waals surface area contributed by atoms with Gasteiger partial charge in [-0.3, -0.25) is 19.7 Å². The average molecular weight is 308 g/mol. The number of hydrogen-bond donors (Lipinski definition) is 1. The molecule has 1 rings (SSSR count). The summed E-state index contributed by atoms with van der Waals surface area (Å²) in [6.07, 6.45) is 0.964. The Bertz CT molecular complexity index is 569. The Morgan fingerprint density at radius 3 is 2.64 bits per heavy atom. The lowest BCUT2D eigenvalue weighted by Crippen LogP contribution is -2.21. The molecule has 120 valence electrons. The minimum absolute atomic E-state index is 0.116. The van der Waals surface area contributed by atoms with Crippen molar-refractivity contribution in [2.45, 2.75) is 33.6 Å². The Hall–Kier alpha value is -2.44. The van der Waals surface area contributed by atoms with Crippen LogP contribution in [0.1, 0.15) is 32.3 Å². The fourth-order valence-corrected chi connectivity index (χ4v) is 1.67. The van der Waals surface area contributed by atoms with Crippen molar-refractivity contribution < 1.29 is 19.2 Å². The van der Waals surface area contributed by atoms with Crippen LogP contribution in [0.3, 0.4) is 0 Å². The number of carbonyl (C=O) groups excluding carboxylic acids is 2. The summed E-state index contributed by atoms with van der Waals surface area (Å²) >= 11 is 0. The van der Waals surface area contributed by atoms with Crippen LogP contribution in [-0.2, 0) is 14.3 Å². The molecule has 0 fully saturated rings. The number of aryl methyl sites for hydroxylation is 1. The zero-order valence-corrected chi connectivity index (χ0v) is 12.9. The summed E-state index contributed by atoms with van der Waals surface area (Å²) in [6, 6.07) is 4.17. The molecule has 0 aromatic heterocycles. The van der Waals surface area contributed by atoms with Gasteiger partial charge < -0.3 is 10.1 Å². The highest BCUT2D eigenvalue weighted by Crippen LogP contribution is 2.21. The number of nitro benzene ring substituents is 1. The quantitative estimate of drug-likeness (QED) is 0.474. The van der Waals surface area contributed by atoms with Gasteiger partial charge in [0.15, 0.2) is 6.61 Å². The second kappa shape index (κ2) is 8.11. The molecule has 7 nitrogen and oxygen atoms in total. The molecule has 7 heteroatoms. The predicted molar refractivity (Wildman–Crippen MR) is 81.5 cm³/mol. The largest absolute Gasteiger partial charge is 0.456 e. The molecular weight excluding hydrogens is 288 g/mol. The smallest absolute Gasteiger partial charge is 0.306 e. The van der Waals surface area contributed by atoms with Crippen molar-refractivity contribution in [1.82, 2.24) is 0 Å². The summed E-state index contributed by atoms with van der Waals surface area (Å²) < 4.78 is 4.86. The number of nitrogens with one attached hydrogen (secondary N) is 1. The first kappa shape index (κ1) is 17.6.